The van der Waals surface area contributed by atoms with Gasteiger partial charge in [0.25, 0.3) is 0 Å². The number of carbonyl (C=O) groups is 2. The molecule has 0 radical (unpaired) electrons. The number of rotatable bonds is 9. The molecule has 244 valence electrons. The number of halogens is 3. The van der Waals surface area contributed by atoms with Gasteiger partial charge >= 0.3 is 12.4 Å². The number of benzene rings is 3. The van der Waals surface area contributed by atoms with Crippen LogP contribution in [0.1, 0.15) is 49.8 Å². The van der Waals surface area contributed by atoms with Crippen molar-refractivity contribution in [2.24, 2.45) is 4.99 Å². The number of thioether (sulfide) groups is 1. The first-order valence-electron chi connectivity index (χ1n) is 14.9. The molecule has 1 N–H and O–H groups in total. The van der Waals surface area contributed by atoms with Crippen LogP contribution in [0.5, 0.6) is 5.75 Å². The molecule has 13 heteroatoms. The molecule has 0 saturated carbocycles. The molecule has 0 aliphatic carbocycles. The molecule has 5 rings (SSSR count). The molecular formula is C34H33F3N6O3S. The summed E-state index contributed by atoms with van der Waals surface area (Å²) in [6.07, 6.45) is 1.12. The maximum atomic E-state index is 12.8. The van der Waals surface area contributed by atoms with Crippen LogP contribution in [0.3, 0.4) is 0 Å². The zero-order valence-electron chi connectivity index (χ0n) is 26.2. The second-order valence-electron chi connectivity index (χ2n) is 11.3. The Labute approximate surface area is 274 Å². The molecule has 1 saturated heterocycles. The summed E-state index contributed by atoms with van der Waals surface area (Å²) >= 11 is 1.25. The third kappa shape index (κ3) is 8.67. The molecule has 1 atom stereocenters. The van der Waals surface area contributed by atoms with E-state index in [1.54, 1.807) is 4.90 Å². The number of nitrogens with zero attached hydrogens (tertiary/aromatic N) is 5. The number of aromatic nitrogens is 3. The molecule has 1 fully saturated rings. The minimum absolute atomic E-state index is 0.108. The molecular weight excluding hydrogens is 629 g/mol. The molecule has 4 aromatic rings. The van der Waals surface area contributed by atoms with Gasteiger partial charge in [-0.25, -0.2) is 14.5 Å². The van der Waals surface area contributed by atoms with Crippen molar-refractivity contribution in [1.82, 2.24) is 20.1 Å². The van der Waals surface area contributed by atoms with Crippen LogP contribution >= 0.6 is 11.8 Å². The molecule has 1 unspecified atom stereocenters. The SMILES string of the molecule is Cc1ccc(C(C)C)c(N2C(=O)CSC2=NC(=O)NC(C)C/C=C\c2cccc(-c3ncn(-c4ccc(OC(F)(F)F)cc4)n3)c2)c1. The Bertz CT molecular complexity index is 1820. The minimum Gasteiger partial charge on any atom is -0.406 e. The van der Waals surface area contributed by atoms with E-state index in [1.807, 2.05) is 68.5 Å². The number of aliphatic imine (C=N–C) groups is 1. The molecule has 47 heavy (non-hydrogen) atoms. The fourth-order valence-corrected chi connectivity index (χ4v) is 5.77. The number of amides is 3. The fraction of sp³-hybridized carbons (Fsp3) is 0.265. The summed E-state index contributed by atoms with van der Waals surface area (Å²) in [5.41, 5.74) is 4.96. The number of urea groups is 1. The summed E-state index contributed by atoms with van der Waals surface area (Å²) < 4.78 is 42.7. The predicted octanol–water partition coefficient (Wildman–Crippen LogP) is 7.90. The van der Waals surface area contributed by atoms with E-state index in [2.05, 4.69) is 39.0 Å². The number of alkyl halides is 3. The van der Waals surface area contributed by atoms with Crippen LogP contribution < -0.4 is 15.0 Å². The minimum atomic E-state index is -4.76. The third-order valence-electron chi connectivity index (χ3n) is 7.15. The van der Waals surface area contributed by atoms with Gasteiger partial charge in [0.05, 0.1) is 17.1 Å². The molecule has 3 amide bonds. The molecule has 0 bridgehead atoms. The lowest BCUT2D eigenvalue weighted by Crippen LogP contribution is -2.34. The van der Waals surface area contributed by atoms with E-state index in [9.17, 15) is 22.8 Å². The Balaban J connectivity index is 1.19. The third-order valence-corrected chi connectivity index (χ3v) is 8.08. The van der Waals surface area contributed by atoms with Crippen LogP contribution in [0.25, 0.3) is 23.2 Å². The lowest BCUT2D eigenvalue weighted by molar-refractivity contribution is -0.274. The molecule has 0 spiro atoms. The van der Waals surface area contributed by atoms with Crippen LogP contribution in [-0.4, -0.2) is 50.0 Å². The largest absolute Gasteiger partial charge is 0.573 e. The number of ether oxygens (including phenoxy) is 1. The van der Waals surface area contributed by atoms with Crippen molar-refractivity contribution in [1.29, 1.82) is 0 Å². The van der Waals surface area contributed by atoms with Crippen LogP contribution in [0.2, 0.25) is 0 Å². The zero-order valence-corrected chi connectivity index (χ0v) is 27.0. The first kappa shape index (κ1) is 33.5. The molecule has 2 heterocycles. The van der Waals surface area contributed by atoms with Crippen molar-refractivity contribution in [3.05, 3.63) is 95.8 Å². The van der Waals surface area contributed by atoms with Crippen LogP contribution in [0.4, 0.5) is 23.7 Å². The normalized spacial score (nSPS) is 15.2. The number of amidine groups is 1. The molecule has 9 nitrogen and oxygen atoms in total. The summed E-state index contributed by atoms with van der Waals surface area (Å²) in [5, 5.41) is 7.71. The highest BCUT2D eigenvalue weighted by Crippen LogP contribution is 2.34. The summed E-state index contributed by atoms with van der Waals surface area (Å²) in [4.78, 5) is 35.8. The van der Waals surface area contributed by atoms with Gasteiger partial charge in [0.1, 0.15) is 12.1 Å². The van der Waals surface area contributed by atoms with Crippen molar-refractivity contribution in [2.75, 3.05) is 10.7 Å². The van der Waals surface area contributed by atoms with Crippen molar-refractivity contribution in [2.45, 2.75) is 52.4 Å². The Morgan fingerprint density at radius 1 is 1.11 bits per heavy atom. The van der Waals surface area contributed by atoms with E-state index < -0.39 is 12.4 Å². The highest BCUT2D eigenvalue weighted by Gasteiger charge is 2.33. The van der Waals surface area contributed by atoms with Crippen LogP contribution in [-0.2, 0) is 4.79 Å². The van der Waals surface area contributed by atoms with E-state index in [0.717, 1.165) is 27.9 Å². The average molecular weight is 663 g/mol. The molecule has 1 aliphatic heterocycles. The van der Waals surface area contributed by atoms with E-state index in [4.69, 9.17) is 0 Å². The summed E-state index contributed by atoms with van der Waals surface area (Å²) in [6.45, 7) is 7.97. The van der Waals surface area contributed by atoms with Gasteiger partial charge in [-0.05, 0) is 79.3 Å². The van der Waals surface area contributed by atoms with Gasteiger partial charge in [-0.15, -0.1) is 18.3 Å². The van der Waals surface area contributed by atoms with Gasteiger partial charge in [0.2, 0.25) is 5.91 Å². The number of carbonyl (C=O) groups excluding carboxylic acids is 2. The summed E-state index contributed by atoms with van der Waals surface area (Å²) in [6, 6.07) is 18.1. The van der Waals surface area contributed by atoms with Gasteiger partial charge < -0.3 is 10.1 Å². The monoisotopic (exact) mass is 662 g/mol. The molecule has 1 aromatic heterocycles. The second-order valence-corrected chi connectivity index (χ2v) is 12.2. The Morgan fingerprint density at radius 3 is 2.60 bits per heavy atom. The van der Waals surface area contributed by atoms with Crippen molar-refractivity contribution in [3.8, 4) is 22.8 Å². The van der Waals surface area contributed by atoms with Gasteiger partial charge in [0, 0.05) is 11.6 Å². The van der Waals surface area contributed by atoms with Crippen LogP contribution in [0.15, 0.2) is 84.1 Å². The van der Waals surface area contributed by atoms with Gasteiger partial charge in [-0.2, -0.15) is 4.99 Å². The van der Waals surface area contributed by atoms with E-state index in [0.29, 0.717) is 23.1 Å². The smallest absolute Gasteiger partial charge is 0.406 e. The fourth-order valence-electron chi connectivity index (χ4n) is 4.92. The number of hydrogen-bond donors (Lipinski definition) is 1. The topological polar surface area (TPSA) is 102 Å². The lowest BCUT2D eigenvalue weighted by atomic mass is 9.99. The maximum Gasteiger partial charge on any atom is 0.573 e. The predicted molar refractivity (Wildman–Crippen MR) is 178 cm³/mol. The number of hydrogen-bond acceptors (Lipinski definition) is 6. The number of nitrogens with one attached hydrogen (secondary N) is 1. The molecule has 1 aliphatic rings. The van der Waals surface area contributed by atoms with Gasteiger partial charge in [0.15, 0.2) is 11.0 Å². The van der Waals surface area contributed by atoms with E-state index >= 15 is 0 Å². The van der Waals surface area contributed by atoms with Gasteiger partial charge in [-0.1, -0.05) is 68.1 Å². The maximum absolute atomic E-state index is 12.8. The van der Waals surface area contributed by atoms with Crippen molar-refractivity contribution < 1.29 is 27.5 Å². The zero-order chi connectivity index (χ0) is 33.7. The summed E-state index contributed by atoms with van der Waals surface area (Å²) in [7, 11) is 0. The van der Waals surface area contributed by atoms with Gasteiger partial charge in [-0.3, -0.25) is 9.69 Å². The first-order valence-corrected chi connectivity index (χ1v) is 15.8. The second kappa shape index (κ2) is 14.2. The Morgan fingerprint density at radius 2 is 1.87 bits per heavy atom. The summed E-state index contributed by atoms with van der Waals surface area (Å²) in [5.74, 6) is 0.425. The average Bonchev–Trinajstić information content (AvgIpc) is 3.64. The molecule has 3 aromatic carbocycles. The highest BCUT2D eigenvalue weighted by atomic mass is 32.2. The lowest BCUT2D eigenvalue weighted by Gasteiger charge is -2.22. The van der Waals surface area contributed by atoms with Crippen molar-refractivity contribution in [3.63, 3.8) is 0 Å². The van der Waals surface area contributed by atoms with E-state index in [-0.39, 0.29) is 29.4 Å². The quantitative estimate of drug-likeness (QED) is 0.196. The number of aryl methyl sites for hydroxylation is 1. The Hall–Kier alpha value is -4.91. The first-order chi connectivity index (χ1) is 22.4. The Kier molecular flexibility index (Phi) is 10.1. The highest BCUT2D eigenvalue weighted by molar-refractivity contribution is 8.15. The standard InChI is InChI=1S/C34H33F3N6O3S/c1-21(2)28-16-11-22(3)17-29(28)43-30(44)19-47-33(43)40-32(45)39-23(4)7-5-8-24-9-6-10-25(18-24)31-38-20-42(41-31)26-12-14-27(15-13-26)46-34(35,36)37/h5-6,8-18,20-21,23H,7,19H2,1-4H3,(H,39,45)/b8-5-,40-33?. The van der Waals surface area contributed by atoms with Crippen molar-refractivity contribution >= 4 is 40.6 Å². The van der Waals surface area contributed by atoms with Crippen LogP contribution in [0, 0.1) is 6.92 Å². The number of anilines is 1. The van der Waals surface area contributed by atoms with E-state index in [1.165, 1.54) is 47.0 Å².